The van der Waals surface area contributed by atoms with E-state index in [2.05, 4.69) is 0 Å². The highest BCUT2D eigenvalue weighted by atomic mass is 35.5. The number of thioether (sulfide) groups is 1. The molecule has 19 heavy (non-hydrogen) atoms. The summed E-state index contributed by atoms with van der Waals surface area (Å²) >= 11 is 7.32. The van der Waals surface area contributed by atoms with Crippen molar-refractivity contribution in [2.45, 2.75) is 23.1 Å². The molecule has 0 heterocycles. The van der Waals surface area contributed by atoms with E-state index in [-0.39, 0.29) is 17.1 Å². The van der Waals surface area contributed by atoms with Crippen molar-refractivity contribution in [2.24, 2.45) is 5.73 Å². The zero-order valence-corrected chi connectivity index (χ0v) is 12.1. The highest BCUT2D eigenvalue weighted by Crippen LogP contribution is 2.38. The van der Waals surface area contributed by atoms with Crippen LogP contribution in [0.25, 0.3) is 0 Å². The maximum Gasteiger partial charge on any atom is 0.136 e. The van der Waals surface area contributed by atoms with Crippen LogP contribution in [0.1, 0.15) is 17.7 Å². The van der Waals surface area contributed by atoms with Crippen LogP contribution in [0.4, 0.5) is 4.39 Å². The first-order chi connectivity index (χ1) is 9.08. The van der Waals surface area contributed by atoms with E-state index in [9.17, 15) is 4.39 Å². The third-order valence-corrected chi connectivity index (χ3v) is 4.56. The Morgan fingerprint density at radius 3 is 2.32 bits per heavy atom. The smallest absolute Gasteiger partial charge is 0.136 e. The zero-order chi connectivity index (χ0) is 13.8. The Morgan fingerprint density at radius 2 is 1.74 bits per heavy atom. The lowest BCUT2D eigenvalue weighted by Gasteiger charge is -2.21. The highest BCUT2D eigenvalue weighted by molar-refractivity contribution is 7.99. The maximum atomic E-state index is 13.7. The fourth-order valence-corrected chi connectivity index (χ4v) is 3.05. The van der Waals surface area contributed by atoms with Crippen LogP contribution in [0.5, 0.6) is 0 Å². The number of rotatable bonds is 4. The normalized spacial score (nSPS) is 14.1. The van der Waals surface area contributed by atoms with Crippen LogP contribution in [-0.4, -0.2) is 6.04 Å². The largest absolute Gasteiger partial charge is 0.327 e. The van der Waals surface area contributed by atoms with Crippen LogP contribution in [0, 0.1) is 5.82 Å². The standard InChI is InChI=1S/C15H15ClFNS/c1-10(18)15(11-6-8-12(16)9-7-11)19-14-5-3-2-4-13(14)17/h2-10,15H,18H2,1H3. The van der Waals surface area contributed by atoms with Crippen molar-refractivity contribution in [3.05, 3.63) is 64.9 Å². The minimum Gasteiger partial charge on any atom is -0.327 e. The number of benzene rings is 2. The van der Waals surface area contributed by atoms with Gasteiger partial charge in [0, 0.05) is 21.2 Å². The second kappa shape index (κ2) is 6.42. The molecule has 2 rings (SSSR count). The molecular formula is C15H15ClFNS. The zero-order valence-electron chi connectivity index (χ0n) is 10.5. The molecule has 100 valence electrons. The molecule has 0 fully saturated rings. The summed E-state index contributed by atoms with van der Waals surface area (Å²) in [5.41, 5.74) is 7.08. The lowest BCUT2D eigenvalue weighted by molar-refractivity contribution is 0.600. The molecule has 0 aliphatic carbocycles. The Bertz CT molecular complexity index is 542. The van der Waals surface area contributed by atoms with Crippen molar-refractivity contribution >= 4 is 23.4 Å². The Hall–Kier alpha value is -1.03. The number of hydrogen-bond donors (Lipinski definition) is 1. The summed E-state index contributed by atoms with van der Waals surface area (Å²) in [6.45, 7) is 1.92. The molecule has 0 spiro atoms. The van der Waals surface area contributed by atoms with Gasteiger partial charge in [-0.3, -0.25) is 0 Å². The van der Waals surface area contributed by atoms with Crippen LogP contribution in [0.3, 0.4) is 0 Å². The average Bonchev–Trinajstić information content (AvgIpc) is 2.39. The minimum absolute atomic E-state index is 0.00540. The lowest BCUT2D eigenvalue weighted by Crippen LogP contribution is -2.22. The third kappa shape index (κ3) is 3.72. The molecule has 0 saturated carbocycles. The average molecular weight is 296 g/mol. The molecule has 0 aromatic heterocycles. The lowest BCUT2D eigenvalue weighted by atomic mass is 10.1. The summed E-state index contributed by atoms with van der Waals surface area (Å²) < 4.78 is 13.7. The van der Waals surface area contributed by atoms with Crippen LogP contribution in [0.2, 0.25) is 5.02 Å². The SMILES string of the molecule is CC(N)C(Sc1ccccc1F)c1ccc(Cl)cc1. The number of nitrogens with two attached hydrogens (primary N) is 1. The van der Waals surface area contributed by atoms with E-state index < -0.39 is 0 Å². The first-order valence-corrected chi connectivity index (χ1v) is 7.26. The molecule has 4 heteroatoms. The topological polar surface area (TPSA) is 26.0 Å². The Labute approximate surface area is 122 Å². The minimum atomic E-state index is -0.216. The molecule has 0 aliphatic heterocycles. The molecule has 0 radical (unpaired) electrons. The van der Waals surface area contributed by atoms with Gasteiger partial charge in [-0.15, -0.1) is 11.8 Å². The van der Waals surface area contributed by atoms with Crippen molar-refractivity contribution in [3.63, 3.8) is 0 Å². The van der Waals surface area contributed by atoms with Crippen LogP contribution in [0.15, 0.2) is 53.4 Å². The third-order valence-electron chi connectivity index (χ3n) is 2.77. The van der Waals surface area contributed by atoms with Gasteiger partial charge in [0.25, 0.3) is 0 Å². The Balaban J connectivity index is 2.26. The highest BCUT2D eigenvalue weighted by Gasteiger charge is 2.19. The monoisotopic (exact) mass is 295 g/mol. The second-order valence-corrected chi connectivity index (χ2v) is 6.00. The summed E-state index contributed by atoms with van der Waals surface area (Å²) in [6, 6.07) is 14.2. The van der Waals surface area contributed by atoms with Gasteiger partial charge < -0.3 is 5.73 Å². The number of halogens is 2. The van der Waals surface area contributed by atoms with Gasteiger partial charge in [0.2, 0.25) is 0 Å². The summed E-state index contributed by atoms with van der Waals surface area (Å²) in [7, 11) is 0. The Kier molecular flexibility index (Phi) is 4.86. The van der Waals surface area contributed by atoms with Crippen molar-refractivity contribution in [2.75, 3.05) is 0 Å². The first-order valence-electron chi connectivity index (χ1n) is 6.00. The quantitative estimate of drug-likeness (QED) is 0.830. The van der Waals surface area contributed by atoms with Crippen molar-refractivity contribution in [1.82, 2.24) is 0 Å². The molecule has 0 aliphatic rings. The maximum absolute atomic E-state index is 13.7. The molecule has 2 atom stereocenters. The molecule has 2 N–H and O–H groups in total. The van der Waals surface area contributed by atoms with Gasteiger partial charge in [-0.1, -0.05) is 35.9 Å². The van der Waals surface area contributed by atoms with Crippen LogP contribution in [-0.2, 0) is 0 Å². The van der Waals surface area contributed by atoms with Gasteiger partial charge in [-0.2, -0.15) is 0 Å². The van der Waals surface area contributed by atoms with E-state index >= 15 is 0 Å². The van der Waals surface area contributed by atoms with Gasteiger partial charge in [0.05, 0.1) is 0 Å². The van der Waals surface area contributed by atoms with Gasteiger partial charge in [0.1, 0.15) is 5.82 Å². The fraction of sp³-hybridized carbons (Fsp3) is 0.200. The van der Waals surface area contributed by atoms with Crippen LogP contribution < -0.4 is 5.73 Å². The van der Waals surface area contributed by atoms with Gasteiger partial charge in [0.15, 0.2) is 0 Å². The van der Waals surface area contributed by atoms with Crippen molar-refractivity contribution in [1.29, 1.82) is 0 Å². The predicted octanol–water partition coefficient (Wildman–Crippen LogP) is 4.66. The van der Waals surface area contributed by atoms with Crippen LogP contribution >= 0.6 is 23.4 Å². The van der Waals surface area contributed by atoms with Crippen molar-refractivity contribution < 1.29 is 4.39 Å². The van der Waals surface area contributed by atoms with E-state index in [0.717, 1.165) is 5.56 Å². The second-order valence-electron chi connectivity index (χ2n) is 4.38. The van der Waals surface area contributed by atoms with Gasteiger partial charge >= 0.3 is 0 Å². The summed E-state index contributed by atoms with van der Waals surface area (Å²) in [6.07, 6.45) is 0. The molecule has 2 aromatic rings. The summed E-state index contributed by atoms with van der Waals surface area (Å²) in [5, 5.41) is 0.678. The molecule has 1 nitrogen and oxygen atoms in total. The molecule has 2 unspecified atom stereocenters. The molecular weight excluding hydrogens is 281 g/mol. The number of hydrogen-bond acceptors (Lipinski definition) is 2. The van der Waals surface area contributed by atoms with E-state index in [1.165, 1.54) is 17.8 Å². The van der Waals surface area contributed by atoms with Gasteiger partial charge in [-0.05, 0) is 36.8 Å². The van der Waals surface area contributed by atoms with E-state index in [0.29, 0.717) is 9.92 Å². The van der Waals surface area contributed by atoms with Crippen molar-refractivity contribution in [3.8, 4) is 0 Å². The van der Waals surface area contributed by atoms with E-state index in [4.69, 9.17) is 17.3 Å². The van der Waals surface area contributed by atoms with E-state index in [1.807, 2.05) is 37.3 Å². The molecule has 0 amide bonds. The molecule has 2 aromatic carbocycles. The summed E-state index contributed by atoms with van der Waals surface area (Å²) in [5.74, 6) is -0.216. The predicted molar refractivity (Wildman–Crippen MR) is 80.1 cm³/mol. The first kappa shape index (κ1) is 14.4. The fourth-order valence-electron chi connectivity index (χ4n) is 1.81. The van der Waals surface area contributed by atoms with Gasteiger partial charge in [-0.25, -0.2) is 4.39 Å². The molecule has 0 saturated heterocycles. The van der Waals surface area contributed by atoms with E-state index in [1.54, 1.807) is 12.1 Å². The molecule has 0 bridgehead atoms. The summed E-state index contributed by atoms with van der Waals surface area (Å²) in [4.78, 5) is 0.611. The Morgan fingerprint density at radius 1 is 1.11 bits per heavy atom.